The van der Waals surface area contributed by atoms with Crippen molar-refractivity contribution in [2.45, 2.75) is 24.6 Å². The molecule has 0 N–H and O–H groups in total. The van der Waals surface area contributed by atoms with Gasteiger partial charge in [-0.15, -0.1) is 0 Å². The van der Waals surface area contributed by atoms with Crippen molar-refractivity contribution in [2.24, 2.45) is 4.99 Å². The van der Waals surface area contributed by atoms with Gasteiger partial charge in [0.2, 0.25) is 6.08 Å². The third-order valence-corrected chi connectivity index (χ3v) is 2.79. The predicted molar refractivity (Wildman–Crippen MR) is 50.4 cm³/mol. The van der Waals surface area contributed by atoms with Crippen LogP contribution in [0.4, 0.5) is 17.6 Å². The summed E-state index contributed by atoms with van der Waals surface area (Å²) in [5, 5.41) is 0. The molecule has 1 aromatic rings. The molecule has 90 valence electrons. The Balaban J connectivity index is 2.54. The van der Waals surface area contributed by atoms with Crippen LogP contribution in [0.1, 0.15) is 24.0 Å². The zero-order chi connectivity index (χ0) is 12.7. The van der Waals surface area contributed by atoms with Gasteiger partial charge in [-0.25, -0.2) is 9.18 Å². The van der Waals surface area contributed by atoms with Gasteiger partial charge in [0.25, 0.3) is 0 Å². The fraction of sp³-hybridized carbons (Fsp3) is 0.364. The lowest BCUT2D eigenvalue weighted by Gasteiger charge is -2.14. The smallest absolute Gasteiger partial charge is 0.211 e. The zero-order valence-electron chi connectivity index (χ0n) is 8.51. The summed E-state index contributed by atoms with van der Waals surface area (Å²) in [6, 6.07) is 3.00. The molecular weight excluding hydrogens is 238 g/mol. The molecule has 1 aliphatic carbocycles. The largest absolute Gasteiger partial charge is 0.419 e. The van der Waals surface area contributed by atoms with E-state index in [9.17, 15) is 22.4 Å². The molecule has 0 saturated heterocycles. The van der Waals surface area contributed by atoms with Gasteiger partial charge in [0.15, 0.2) is 0 Å². The second-order valence-electron chi connectivity index (χ2n) is 3.90. The van der Waals surface area contributed by atoms with E-state index in [4.69, 9.17) is 0 Å². The van der Waals surface area contributed by atoms with E-state index in [1.54, 1.807) is 0 Å². The topological polar surface area (TPSA) is 29.4 Å². The Morgan fingerprint density at radius 2 is 1.94 bits per heavy atom. The number of hydrogen-bond donors (Lipinski definition) is 0. The van der Waals surface area contributed by atoms with Crippen molar-refractivity contribution in [3.63, 3.8) is 0 Å². The van der Waals surface area contributed by atoms with E-state index in [1.807, 2.05) is 0 Å². The number of halogens is 4. The maximum Gasteiger partial charge on any atom is 0.419 e. The molecule has 0 unspecified atom stereocenters. The summed E-state index contributed by atoms with van der Waals surface area (Å²) in [6.07, 6.45) is -2.74. The van der Waals surface area contributed by atoms with Crippen LogP contribution < -0.4 is 0 Å². The molecular formula is C11H7F4NO. The molecule has 0 aliphatic heterocycles. The van der Waals surface area contributed by atoms with E-state index in [-0.39, 0.29) is 5.56 Å². The Kier molecular flexibility index (Phi) is 2.54. The van der Waals surface area contributed by atoms with Crippen LogP contribution in [-0.4, -0.2) is 6.08 Å². The highest BCUT2D eigenvalue weighted by atomic mass is 19.4. The van der Waals surface area contributed by atoms with Crippen LogP contribution in [0, 0.1) is 5.82 Å². The van der Waals surface area contributed by atoms with E-state index in [1.165, 1.54) is 12.1 Å². The van der Waals surface area contributed by atoms with Crippen molar-refractivity contribution < 1.29 is 22.4 Å². The first-order chi connectivity index (χ1) is 7.91. The standard InChI is InChI=1S/C11H7F4NO/c12-9-7(10(4-5-10)16-6-17)2-1-3-8(9)11(13,14)15/h1-3H,4-5H2. The summed E-state index contributed by atoms with van der Waals surface area (Å²) >= 11 is 0. The van der Waals surface area contributed by atoms with Gasteiger partial charge in [-0.05, 0) is 18.9 Å². The first-order valence-corrected chi connectivity index (χ1v) is 4.86. The second-order valence-corrected chi connectivity index (χ2v) is 3.90. The van der Waals surface area contributed by atoms with Gasteiger partial charge in [-0.3, -0.25) is 0 Å². The van der Waals surface area contributed by atoms with Crippen LogP contribution in [0.15, 0.2) is 23.2 Å². The Labute approximate surface area is 94.0 Å². The summed E-state index contributed by atoms with van der Waals surface area (Å²) < 4.78 is 51.1. The second kappa shape index (κ2) is 3.67. The highest BCUT2D eigenvalue weighted by Gasteiger charge is 2.48. The van der Waals surface area contributed by atoms with Crippen molar-refractivity contribution >= 4 is 6.08 Å². The summed E-state index contributed by atoms with van der Waals surface area (Å²) in [5.74, 6) is -1.35. The van der Waals surface area contributed by atoms with Crippen molar-refractivity contribution in [2.75, 3.05) is 0 Å². The maximum atomic E-state index is 13.7. The SMILES string of the molecule is O=C=NC1(c2cccc(C(F)(F)F)c2F)CC1. The molecule has 17 heavy (non-hydrogen) atoms. The zero-order valence-corrected chi connectivity index (χ0v) is 8.51. The number of alkyl halides is 3. The van der Waals surface area contributed by atoms with Crippen LogP contribution in [0.3, 0.4) is 0 Å². The van der Waals surface area contributed by atoms with Crippen molar-refractivity contribution in [1.29, 1.82) is 0 Å². The molecule has 0 amide bonds. The van der Waals surface area contributed by atoms with Gasteiger partial charge in [0.05, 0.1) is 5.56 Å². The fourth-order valence-corrected chi connectivity index (χ4v) is 1.76. The first kappa shape index (κ1) is 11.8. The van der Waals surface area contributed by atoms with Gasteiger partial charge >= 0.3 is 6.18 Å². The van der Waals surface area contributed by atoms with Crippen molar-refractivity contribution in [3.05, 3.63) is 35.1 Å². The average Bonchev–Trinajstić information content (AvgIpc) is 2.98. The highest BCUT2D eigenvalue weighted by Crippen LogP contribution is 2.51. The number of aliphatic imine (C=N–C) groups is 1. The minimum Gasteiger partial charge on any atom is -0.211 e. The number of hydrogen-bond acceptors (Lipinski definition) is 2. The minimum atomic E-state index is -4.75. The highest BCUT2D eigenvalue weighted by molar-refractivity contribution is 5.43. The molecule has 1 saturated carbocycles. The first-order valence-electron chi connectivity index (χ1n) is 4.86. The fourth-order valence-electron chi connectivity index (χ4n) is 1.76. The molecule has 1 fully saturated rings. The van der Waals surface area contributed by atoms with Crippen LogP contribution >= 0.6 is 0 Å². The molecule has 2 rings (SSSR count). The third-order valence-electron chi connectivity index (χ3n) is 2.79. The van der Waals surface area contributed by atoms with Crippen LogP contribution in [0.2, 0.25) is 0 Å². The molecule has 0 spiro atoms. The minimum absolute atomic E-state index is 0.185. The van der Waals surface area contributed by atoms with E-state index in [0.717, 1.165) is 6.07 Å². The van der Waals surface area contributed by atoms with E-state index < -0.39 is 23.1 Å². The normalized spacial score (nSPS) is 17.4. The van der Waals surface area contributed by atoms with Crippen molar-refractivity contribution in [3.8, 4) is 0 Å². The lowest BCUT2D eigenvalue weighted by atomic mass is 10.0. The summed E-state index contributed by atoms with van der Waals surface area (Å²) in [7, 11) is 0. The number of nitrogens with zero attached hydrogens (tertiary/aromatic N) is 1. The summed E-state index contributed by atoms with van der Waals surface area (Å²) in [4.78, 5) is 13.6. The number of isocyanates is 1. The third kappa shape index (κ3) is 1.96. The predicted octanol–water partition coefficient (Wildman–Crippen LogP) is 3.17. The average molecular weight is 245 g/mol. The van der Waals surface area contributed by atoms with Crippen LogP contribution in [-0.2, 0) is 16.5 Å². The molecule has 0 radical (unpaired) electrons. The lowest BCUT2D eigenvalue weighted by Crippen LogP contribution is -2.13. The van der Waals surface area contributed by atoms with Crippen LogP contribution in [0.5, 0.6) is 0 Å². The quantitative estimate of drug-likeness (QED) is 0.447. The van der Waals surface area contributed by atoms with Crippen molar-refractivity contribution in [1.82, 2.24) is 0 Å². The molecule has 6 heteroatoms. The Hall–Kier alpha value is -1.68. The Bertz CT molecular complexity index is 499. The molecule has 0 bridgehead atoms. The van der Waals surface area contributed by atoms with Gasteiger partial charge < -0.3 is 0 Å². The van der Waals surface area contributed by atoms with E-state index >= 15 is 0 Å². The molecule has 0 aromatic heterocycles. The number of benzene rings is 1. The van der Waals surface area contributed by atoms with Gasteiger partial charge in [-0.1, -0.05) is 12.1 Å². The molecule has 1 aliphatic rings. The maximum absolute atomic E-state index is 13.7. The van der Waals surface area contributed by atoms with Crippen LogP contribution in [0.25, 0.3) is 0 Å². The van der Waals surface area contributed by atoms with Gasteiger partial charge in [0.1, 0.15) is 11.4 Å². The molecule has 1 aromatic carbocycles. The summed E-state index contributed by atoms with van der Waals surface area (Å²) in [6.45, 7) is 0. The molecule has 0 heterocycles. The van der Waals surface area contributed by atoms with Gasteiger partial charge in [0, 0.05) is 5.56 Å². The Morgan fingerprint density at radius 1 is 1.29 bits per heavy atom. The monoisotopic (exact) mass is 245 g/mol. The van der Waals surface area contributed by atoms with E-state index in [0.29, 0.717) is 18.9 Å². The number of rotatable bonds is 2. The van der Waals surface area contributed by atoms with Gasteiger partial charge in [-0.2, -0.15) is 18.2 Å². The molecule has 2 nitrogen and oxygen atoms in total. The lowest BCUT2D eigenvalue weighted by molar-refractivity contribution is -0.140. The molecule has 0 atom stereocenters. The van der Waals surface area contributed by atoms with E-state index in [2.05, 4.69) is 4.99 Å². The Morgan fingerprint density at radius 3 is 2.41 bits per heavy atom. The number of carbonyl (C=O) groups excluding carboxylic acids is 1. The summed E-state index contributed by atoms with van der Waals surface area (Å²) in [5.41, 5.74) is -2.65.